The van der Waals surface area contributed by atoms with Gasteiger partial charge in [0.2, 0.25) is 6.23 Å². The fourth-order valence-corrected chi connectivity index (χ4v) is 4.13. The highest BCUT2D eigenvalue weighted by atomic mass is 35.5. The molecule has 2 atom stereocenters. The van der Waals surface area contributed by atoms with Gasteiger partial charge in [-0.15, -0.1) is 0 Å². The largest absolute Gasteiger partial charge is 0.464 e. The molecular weight excluding hydrogens is 398 g/mol. The molecule has 0 radical (unpaired) electrons. The molecule has 0 N–H and O–H groups in total. The maximum Gasteiger partial charge on any atom is 0.213 e. The number of hydrogen-bond donors (Lipinski definition) is 0. The Balaban J connectivity index is 1.61. The van der Waals surface area contributed by atoms with E-state index in [9.17, 15) is 4.39 Å². The molecule has 0 aliphatic carbocycles. The normalized spacial score (nSPS) is 20.2. The Morgan fingerprint density at radius 2 is 1.75 bits per heavy atom. The Bertz CT molecular complexity index is 1080. The van der Waals surface area contributed by atoms with Crippen LogP contribution < -0.4 is 4.74 Å². The lowest BCUT2D eigenvalue weighted by molar-refractivity contribution is -0.0190. The first-order valence-corrected chi connectivity index (χ1v) is 9.67. The molecule has 0 spiro atoms. The van der Waals surface area contributed by atoms with Gasteiger partial charge in [-0.3, -0.25) is 0 Å². The van der Waals surface area contributed by atoms with E-state index in [-0.39, 0.29) is 11.9 Å². The number of benzene rings is 3. The molecule has 5 rings (SSSR count). The van der Waals surface area contributed by atoms with Crippen molar-refractivity contribution in [2.75, 3.05) is 0 Å². The Kier molecular flexibility index (Phi) is 4.26. The summed E-state index contributed by atoms with van der Waals surface area (Å²) >= 11 is 12.4. The quantitative estimate of drug-likeness (QED) is 0.487. The van der Waals surface area contributed by atoms with E-state index in [0.717, 1.165) is 28.2 Å². The molecule has 0 aromatic heterocycles. The molecule has 0 saturated heterocycles. The fourth-order valence-electron chi connectivity index (χ4n) is 3.76. The van der Waals surface area contributed by atoms with E-state index in [2.05, 4.69) is 0 Å². The summed E-state index contributed by atoms with van der Waals surface area (Å²) in [5.41, 5.74) is 3.69. The molecule has 0 amide bonds. The molecule has 3 nitrogen and oxygen atoms in total. The highest BCUT2D eigenvalue weighted by Crippen LogP contribution is 2.48. The number of hydrazone groups is 1. The van der Waals surface area contributed by atoms with Crippen molar-refractivity contribution in [3.8, 4) is 5.75 Å². The molecule has 2 heterocycles. The highest BCUT2D eigenvalue weighted by Gasteiger charge is 2.41. The second-order valence-electron chi connectivity index (χ2n) is 6.86. The van der Waals surface area contributed by atoms with Gasteiger partial charge in [-0.05, 0) is 48.0 Å². The van der Waals surface area contributed by atoms with Crippen LogP contribution in [0.1, 0.15) is 35.4 Å². The van der Waals surface area contributed by atoms with Crippen LogP contribution in [0.5, 0.6) is 5.75 Å². The Morgan fingerprint density at radius 3 is 2.54 bits per heavy atom. The number of fused-ring (bicyclic) bond motifs is 3. The van der Waals surface area contributed by atoms with E-state index < -0.39 is 6.23 Å². The Hall–Kier alpha value is -2.56. The molecule has 140 valence electrons. The van der Waals surface area contributed by atoms with E-state index >= 15 is 0 Å². The number of halogens is 3. The van der Waals surface area contributed by atoms with Gasteiger partial charge in [0.1, 0.15) is 11.6 Å². The summed E-state index contributed by atoms with van der Waals surface area (Å²) in [4.78, 5) is 0. The summed E-state index contributed by atoms with van der Waals surface area (Å²) in [5, 5.41) is 8.08. The summed E-state index contributed by atoms with van der Waals surface area (Å²) in [6, 6.07) is 19.6. The van der Waals surface area contributed by atoms with Crippen molar-refractivity contribution in [1.29, 1.82) is 0 Å². The van der Waals surface area contributed by atoms with Gasteiger partial charge in [-0.1, -0.05) is 47.5 Å². The Labute approximate surface area is 172 Å². The van der Waals surface area contributed by atoms with Gasteiger partial charge >= 0.3 is 0 Å². The fraction of sp³-hybridized carbons (Fsp3) is 0.136. The van der Waals surface area contributed by atoms with Crippen LogP contribution >= 0.6 is 23.2 Å². The van der Waals surface area contributed by atoms with E-state index in [1.165, 1.54) is 12.1 Å². The minimum Gasteiger partial charge on any atom is -0.464 e. The second-order valence-corrected chi connectivity index (χ2v) is 7.73. The molecule has 2 aliphatic heterocycles. The van der Waals surface area contributed by atoms with Gasteiger partial charge in [-0.2, -0.15) is 5.10 Å². The molecule has 0 saturated carbocycles. The first kappa shape index (κ1) is 17.5. The Morgan fingerprint density at radius 1 is 0.964 bits per heavy atom. The zero-order chi connectivity index (χ0) is 19.3. The minimum absolute atomic E-state index is 0.0218. The van der Waals surface area contributed by atoms with Gasteiger partial charge < -0.3 is 4.74 Å². The van der Waals surface area contributed by atoms with E-state index in [0.29, 0.717) is 16.5 Å². The van der Waals surface area contributed by atoms with Crippen LogP contribution in [-0.4, -0.2) is 10.7 Å². The summed E-state index contributed by atoms with van der Waals surface area (Å²) in [7, 11) is 0. The maximum atomic E-state index is 13.3. The average Bonchev–Trinajstić information content (AvgIpc) is 3.14. The lowest BCUT2D eigenvalue weighted by atomic mass is 9.96. The lowest BCUT2D eigenvalue weighted by Crippen LogP contribution is -2.33. The molecule has 0 bridgehead atoms. The van der Waals surface area contributed by atoms with Crippen molar-refractivity contribution in [2.45, 2.75) is 18.7 Å². The predicted molar refractivity (Wildman–Crippen MR) is 108 cm³/mol. The third kappa shape index (κ3) is 3.03. The van der Waals surface area contributed by atoms with Crippen molar-refractivity contribution >= 4 is 28.9 Å². The third-order valence-electron chi connectivity index (χ3n) is 5.06. The van der Waals surface area contributed by atoms with Crippen molar-refractivity contribution in [3.05, 3.63) is 99.3 Å². The van der Waals surface area contributed by atoms with E-state index in [4.69, 9.17) is 33.0 Å². The van der Waals surface area contributed by atoms with Gasteiger partial charge in [0.15, 0.2) is 0 Å². The molecule has 0 fully saturated rings. The number of hydrogen-bond acceptors (Lipinski definition) is 3. The zero-order valence-electron chi connectivity index (χ0n) is 14.6. The van der Waals surface area contributed by atoms with Crippen LogP contribution in [0, 0.1) is 5.82 Å². The van der Waals surface area contributed by atoms with Crippen LogP contribution in [0.3, 0.4) is 0 Å². The predicted octanol–water partition coefficient (Wildman–Crippen LogP) is 6.37. The molecule has 3 aromatic rings. The van der Waals surface area contributed by atoms with E-state index in [1.807, 2.05) is 47.5 Å². The second kappa shape index (κ2) is 6.80. The van der Waals surface area contributed by atoms with Crippen LogP contribution in [0.2, 0.25) is 10.0 Å². The van der Waals surface area contributed by atoms with Crippen LogP contribution in [0.25, 0.3) is 0 Å². The van der Waals surface area contributed by atoms with Gasteiger partial charge in [0, 0.05) is 27.6 Å². The van der Waals surface area contributed by atoms with Crippen LogP contribution in [0.15, 0.2) is 71.8 Å². The molecule has 3 aromatic carbocycles. The zero-order valence-corrected chi connectivity index (χ0v) is 16.2. The summed E-state index contributed by atoms with van der Waals surface area (Å²) in [6.07, 6.45) is 0.273. The van der Waals surface area contributed by atoms with Gasteiger partial charge in [-0.25, -0.2) is 9.40 Å². The molecule has 0 unspecified atom stereocenters. The highest BCUT2D eigenvalue weighted by molar-refractivity contribution is 6.31. The standard InChI is InChI=1S/C22H15Cl2FN2O/c23-15-3-1-2-14(10-15)22-27-20(18-11-16(24)6-9-21(18)28-22)12-19(26-27)13-4-7-17(25)8-5-13/h1-11,20,22H,12H2/t20-,22-/m0/s1. The van der Waals surface area contributed by atoms with Crippen molar-refractivity contribution < 1.29 is 9.13 Å². The van der Waals surface area contributed by atoms with E-state index in [1.54, 1.807) is 12.1 Å². The lowest BCUT2D eigenvalue weighted by Gasteiger charge is -2.38. The first-order chi connectivity index (χ1) is 13.6. The van der Waals surface area contributed by atoms with Crippen LogP contribution in [0.4, 0.5) is 4.39 Å². The third-order valence-corrected chi connectivity index (χ3v) is 5.53. The number of rotatable bonds is 2. The number of ether oxygens (including phenoxy) is 1. The van der Waals surface area contributed by atoms with Gasteiger partial charge in [0.05, 0.1) is 11.8 Å². The number of nitrogens with zero attached hydrogens (tertiary/aromatic N) is 2. The average molecular weight is 413 g/mol. The summed E-state index contributed by atoms with van der Waals surface area (Å²) in [6.45, 7) is 0. The summed E-state index contributed by atoms with van der Waals surface area (Å²) in [5.74, 6) is 0.517. The SMILES string of the molecule is Fc1ccc(C2=NN3[C@@H](C2)c2cc(Cl)ccc2O[C@H]3c2cccc(Cl)c2)cc1. The van der Waals surface area contributed by atoms with Crippen molar-refractivity contribution in [3.63, 3.8) is 0 Å². The van der Waals surface area contributed by atoms with Crippen LogP contribution in [-0.2, 0) is 0 Å². The molecule has 6 heteroatoms. The monoisotopic (exact) mass is 412 g/mol. The van der Waals surface area contributed by atoms with Crippen molar-refractivity contribution in [1.82, 2.24) is 5.01 Å². The van der Waals surface area contributed by atoms with Gasteiger partial charge in [0.25, 0.3) is 0 Å². The molecule has 2 aliphatic rings. The van der Waals surface area contributed by atoms with Crippen molar-refractivity contribution in [2.24, 2.45) is 5.10 Å². The first-order valence-electron chi connectivity index (χ1n) is 8.92. The summed E-state index contributed by atoms with van der Waals surface area (Å²) < 4.78 is 19.6. The maximum absolute atomic E-state index is 13.3. The minimum atomic E-state index is -0.407. The smallest absolute Gasteiger partial charge is 0.213 e. The molecule has 28 heavy (non-hydrogen) atoms. The topological polar surface area (TPSA) is 24.8 Å². The molecular formula is C22H15Cl2FN2O.